The lowest BCUT2D eigenvalue weighted by atomic mass is 9.98. The molecule has 0 spiro atoms. The van der Waals surface area contributed by atoms with Gasteiger partial charge in [-0.1, -0.05) is 30.7 Å². The molecule has 200 valence electrons. The minimum atomic E-state index is -0.356. The summed E-state index contributed by atoms with van der Waals surface area (Å²) in [6, 6.07) is 12.6. The van der Waals surface area contributed by atoms with Crippen LogP contribution in [0.5, 0.6) is 0 Å². The molecule has 4 aromatic rings. The molecule has 1 saturated heterocycles. The Labute approximate surface area is 224 Å². The van der Waals surface area contributed by atoms with Gasteiger partial charge in [-0.3, -0.25) is 9.69 Å². The van der Waals surface area contributed by atoms with Crippen LogP contribution in [-0.2, 0) is 5.54 Å². The van der Waals surface area contributed by atoms with Crippen molar-refractivity contribution in [3.05, 3.63) is 80.4 Å². The van der Waals surface area contributed by atoms with E-state index in [1.54, 1.807) is 0 Å². The summed E-state index contributed by atoms with van der Waals surface area (Å²) in [5, 5.41) is 14.1. The van der Waals surface area contributed by atoms with Crippen molar-refractivity contribution in [2.75, 3.05) is 31.1 Å². The summed E-state index contributed by atoms with van der Waals surface area (Å²) < 4.78 is 1.92. The molecule has 1 fully saturated rings. The maximum atomic E-state index is 13.7. The van der Waals surface area contributed by atoms with Gasteiger partial charge in [0.15, 0.2) is 5.82 Å². The number of fused-ring (bicyclic) bond motifs is 1. The van der Waals surface area contributed by atoms with Gasteiger partial charge in [0.25, 0.3) is 5.56 Å². The van der Waals surface area contributed by atoms with E-state index in [9.17, 15) is 4.79 Å². The van der Waals surface area contributed by atoms with Crippen molar-refractivity contribution in [2.24, 2.45) is 0 Å². The van der Waals surface area contributed by atoms with E-state index in [0.29, 0.717) is 11.4 Å². The standard InChI is InChI=1S/C30H39N7O/c1-8-30(6,7)37-28(32-33-34-37)27(24-18-23-16-20(3)15-22(5)26(23)31-29(24)38)36-13-11-35(12-14-36)25-17-19(2)9-10-21(25)4/h9-10,15-18,27H,8,11-14H2,1-7H3,(H,31,38)/t27-/m1/s1. The Bertz CT molecular complexity index is 1530. The van der Waals surface area contributed by atoms with Gasteiger partial charge in [-0.15, -0.1) is 5.10 Å². The monoisotopic (exact) mass is 513 g/mol. The Morgan fingerprint density at radius 1 is 0.947 bits per heavy atom. The highest BCUT2D eigenvalue weighted by atomic mass is 16.1. The highest BCUT2D eigenvalue weighted by Crippen LogP contribution is 2.33. The normalized spacial score (nSPS) is 15.8. The lowest BCUT2D eigenvalue weighted by Gasteiger charge is -2.40. The smallest absolute Gasteiger partial charge is 0.253 e. The van der Waals surface area contributed by atoms with Crippen LogP contribution in [0, 0.1) is 27.7 Å². The first kappa shape index (κ1) is 26.1. The Hall–Kier alpha value is -3.52. The van der Waals surface area contributed by atoms with Crippen molar-refractivity contribution in [3.63, 3.8) is 0 Å². The van der Waals surface area contributed by atoms with Gasteiger partial charge in [0, 0.05) is 37.4 Å². The molecule has 1 aliphatic rings. The van der Waals surface area contributed by atoms with Crippen molar-refractivity contribution in [2.45, 2.75) is 66.5 Å². The summed E-state index contributed by atoms with van der Waals surface area (Å²) in [7, 11) is 0. The van der Waals surface area contributed by atoms with Crippen LogP contribution >= 0.6 is 0 Å². The van der Waals surface area contributed by atoms with Gasteiger partial charge < -0.3 is 9.88 Å². The van der Waals surface area contributed by atoms with Gasteiger partial charge in [0.05, 0.1) is 11.1 Å². The zero-order valence-corrected chi connectivity index (χ0v) is 23.7. The van der Waals surface area contributed by atoms with E-state index >= 15 is 0 Å². The summed E-state index contributed by atoms with van der Waals surface area (Å²) >= 11 is 0. The number of aromatic nitrogens is 5. The second kappa shape index (κ2) is 9.98. The average molecular weight is 514 g/mol. The molecule has 1 aliphatic heterocycles. The van der Waals surface area contributed by atoms with Gasteiger partial charge >= 0.3 is 0 Å². The predicted molar refractivity (Wildman–Crippen MR) is 153 cm³/mol. The van der Waals surface area contributed by atoms with E-state index in [4.69, 9.17) is 0 Å². The maximum absolute atomic E-state index is 13.7. The number of nitrogens with zero attached hydrogens (tertiary/aromatic N) is 6. The molecule has 0 saturated carbocycles. The average Bonchev–Trinajstić information content (AvgIpc) is 3.37. The fourth-order valence-corrected chi connectivity index (χ4v) is 5.63. The molecule has 0 radical (unpaired) electrons. The molecule has 2 aromatic carbocycles. The molecule has 0 unspecified atom stereocenters. The molecule has 1 atom stereocenters. The van der Waals surface area contributed by atoms with Crippen molar-refractivity contribution >= 4 is 16.6 Å². The highest BCUT2D eigenvalue weighted by Gasteiger charge is 2.36. The molecule has 3 heterocycles. The quantitative estimate of drug-likeness (QED) is 0.399. The number of piperazine rings is 1. The summed E-state index contributed by atoms with van der Waals surface area (Å²) in [6.07, 6.45) is 0.866. The molecular weight excluding hydrogens is 474 g/mol. The fourth-order valence-electron chi connectivity index (χ4n) is 5.63. The van der Waals surface area contributed by atoms with E-state index in [2.05, 4.69) is 102 Å². The van der Waals surface area contributed by atoms with Crippen molar-refractivity contribution in [1.29, 1.82) is 0 Å². The number of hydrogen-bond acceptors (Lipinski definition) is 6. The Kier molecular flexibility index (Phi) is 6.86. The van der Waals surface area contributed by atoms with Gasteiger partial charge in [0.1, 0.15) is 6.04 Å². The molecule has 0 amide bonds. The lowest BCUT2D eigenvalue weighted by molar-refractivity contribution is 0.186. The number of aryl methyl sites for hydroxylation is 4. The van der Waals surface area contributed by atoms with E-state index in [-0.39, 0.29) is 17.1 Å². The molecule has 0 aliphatic carbocycles. The van der Waals surface area contributed by atoms with Crippen LogP contribution in [0.15, 0.2) is 41.2 Å². The number of anilines is 1. The predicted octanol–water partition coefficient (Wildman–Crippen LogP) is 4.80. The number of H-pyrrole nitrogens is 1. The molecule has 8 heteroatoms. The van der Waals surface area contributed by atoms with Crippen molar-refractivity contribution < 1.29 is 0 Å². The third-order valence-corrected chi connectivity index (χ3v) is 8.18. The summed E-state index contributed by atoms with van der Waals surface area (Å²) in [5.41, 5.74) is 7.27. The molecular formula is C30H39N7O. The zero-order valence-electron chi connectivity index (χ0n) is 23.7. The Morgan fingerprint density at radius 2 is 1.68 bits per heavy atom. The van der Waals surface area contributed by atoms with Crippen LogP contribution in [0.4, 0.5) is 5.69 Å². The third-order valence-electron chi connectivity index (χ3n) is 8.18. The number of aromatic amines is 1. The number of rotatable bonds is 6. The number of hydrogen-bond donors (Lipinski definition) is 1. The van der Waals surface area contributed by atoms with Gasteiger partial charge in [-0.2, -0.15) is 0 Å². The van der Waals surface area contributed by atoms with Crippen LogP contribution in [0.3, 0.4) is 0 Å². The van der Waals surface area contributed by atoms with Crippen LogP contribution in [0.1, 0.15) is 66.9 Å². The van der Waals surface area contributed by atoms with E-state index in [1.807, 2.05) is 17.7 Å². The second-order valence-corrected chi connectivity index (χ2v) is 11.4. The van der Waals surface area contributed by atoms with Crippen molar-refractivity contribution in [1.82, 2.24) is 30.1 Å². The van der Waals surface area contributed by atoms with Gasteiger partial charge in [-0.05, 0) is 98.7 Å². The summed E-state index contributed by atoms with van der Waals surface area (Å²) in [5.74, 6) is 0.714. The van der Waals surface area contributed by atoms with Gasteiger partial charge in [0.2, 0.25) is 0 Å². The first-order valence-electron chi connectivity index (χ1n) is 13.6. The first-order chi connectivity index (χ1) is 18.1. The van der Waals surface area contributed by atoms with Gasteiger partial charge in [-0.25, -0.2) is 4.68 Å². The summed E-state index contributed by atoms with van der Waals surface area (Å²) in [4.78, 5) is 21.7. The Morgan fingerprint density at radius 3 is 2.39 bits per heavy atom. The van der Waals surface area contributed by atoms with Crippen LogP contribution < -0.4 is 10.5 Å². The molecule has 0 bridgehead atoms. The molecule has 1 N–H and O–H groups in total. The number of tetrazole rings is 1. The zero-order chi connectivity index (χ0) is 27.2. The SMILES string of the molecule is CCC(C)(C)n1nnnc1[C@@H](c1cc2cc(C)cc(C)c2[nH]c1=O)N1CCN(c2cc(C)ccc2C)CC1. The van der Waals surface area contributed by atoms with E-state index < -0.39 is 0 Å². The van der Waals surface area contributed by atoms with Crippen LogP contribution in [0.25, 0.3) is 10.9 Å². The largest absolute Gasteiger partial charge is 0.369 e. The number of nitrogens with one attached hydrogen (secondary N) is 1. The third kappa shape index (κ3) is 4.73. The summed E-state index contributed by atoms with van der Waals surface area (Å²) in [6.45, 7) is 18.2. The van der Waals surface area contributed by atoms with Crippen molar-refractivity contribution in [3.8, 4) is 0 Å². The fraction of sp³-hybridized carbons (Fsp3) is 0.467. The minimum Gasteiger partial charge on any atom is -0.369 e. The Balaban J connectivity index is 1.59. The number of benzene rings is 2. The lowest BCUT2D eigenvalue weighted by Crippen LogP contribution is -2.49. The number of pyridine rings is 1. The molecule has 8 nitrogen and oxygen atoms in total. The molecule has 5 rings (SSSR count). The van der Waals surface area contributed by atoms with E-state index in [1.165, 1.54) is 22.4 Å². The van der Waals surface area contributed by atoms with E-state index in [0.717, 1.165) is 49.1 Å². The second-order valence-electron chi connectivity index (χ2n) is 11.4. The maximum Gasteiger partial charge on any atom is 0.253 e. The van der Waals surface area contributed by atoms with Crippen LogP contribution in [-0.4, -0.2) is 56.3 Å². The topological polar surface area (TPSA) is 82.9 Å². The molecule has 2 aromatic heterocycles. The minimum absolute atomic E-state index is 0.0877. The highest BCUT2D eigenvalue weighted by molar-refractivity contribution is 5.83. The molecule has 38 heavy (non-hydrogen) atoms. The first-order valence-corrected chi connectivity index (χ1v) is 13.6. The van der Waals surface area contributed by atoms with Crippen LogP contribution in [0.2, 0.25) is 0 Å².